The fourth-order valence-corrected chi connectivity index (χ4v) is 2.17. The maximum atomic E-state index is 5.33. The van der Waals surface area contributed by atoms with E-state index in [0.717, 1.165) is 16.0 Å². The number of hydrogen-bond donors (Lipinski definition) is 1. The fraction of sp³-hybridized carbons (Fsp3) is 0.455. The molecule has 0 aliphatic heterocycles. The highest BCUT2D eigenvalue weighted by molar-refractivity contribution is 7.71. The van der Waals surface area contributed by atoms with E-state index in [1.54, 1.807) is 13.3 Å². The van der Waals surface area contributed by atoms with Gasteiger partial charge in [0.05, 0.1) is 24.0 Å². The highest BCUT2D eigenvalue weighted by atomic mass is 32.1. The molecule has 2 rings (SSSR count). The Morgan fingerprint density at radius 1 is 1.59 bits per heavy atom. The van der Waals surface area contributed by atoms with Crippen LogP contribution in [0.1, 0.15) is 13.0 Å². The van der Waals surface area contributed by atoms with Crippen molar-refractivity contribution in [2.24, 2.45) is 7.05 Å². The van der Waals surface area contributed by atoms with Gasteiger partial charge in [-0.15, -0.1) is 0 Å². The van der Waals surface area contributed by atoms with Crippen LogP contribution in [0.3, 0.4) is 0 Å². The van der Waals surface area contributed by atoms with Crippen LogP contribution < -0.4 is 0 Å². The first-order valence-electron chi connectivity index (χ1n) is 5.42. The van der Waals surface area contributed by atoms with E-state index < -0.39 is 0 Å². The molecule has 0 aromatic carbocycles. The van der Waals surface area contributed by atoms with Gasteiger partial charge < -0.3 is 4.74 Å². The molecule has 0 saturated heterocycles. The number of methoxy groups -OCH3 is 1. The van der Waals surface area contributed by atoms with Crippen molar-refractivity contribution in [1.29, 1.82) is 0 Å². The third-order valence-corrected chi connectivity index (χ3v) is 3.01. The molecule has 0 aliphatic carbocycles. The van der Waals surface area contributed by atoms with Gasteiger partial charge in [-0.1, -0.05) is 12.2 Å². The summed E-state index contributed by atoms with van der Waals surface area (Å²) >= 11 is 5.33. The number of rotatable bonds is 4. The first-order chi connectivity index (χ1) is 8.13. The van der Waals surface area contributed by atoms with Crippen molar-refractivity contribution in [2.45, 2.75) is 13.0 Å². The number of aromatic amines is 1. The fourth-order valence-electron chi connectivity index (χ4n) is 1.82. The molecular weight excluding hydrogens is 236 g/mol. The molecule has 0 radical (unpaired) electrons. The first kappa shape index (κ1) is 12.1. The summed E-state index contributed by atoms with van der Waals surface area (Å²) in [6.45, 7) is 2.68. The van der Waals surface area contributed by atoms with Crippen molar-refractivity contribution < 1.29 is 4.74 Å². The number of H-pyrrole nitrogens is 1. The van der Waals surface area contributed by atoms with E-state index in [0.29, 0.717) is 6.61 Å². The first-order valence-corrected chi connectivity index (χ1v) is 5.83. The highest BCUT2D eigenvalue weighted by Crippen LogP contribution is 2.18. The number of nitrogens with one attached hydrogen (secondary N) is 1. The van der Waals surface area contributed by atoms with E-state index >= 15 is 0 Å². The van der Waals surface area contributed by atoms with Crippen molar-refractivity contribution in [2.75, 3.05) is 13.7 Å². The van der Waals surface area contributed by atoms with Crippen molar-refractivity contribution in [1.82, 2.24) is 19.6 Å². The topological polar surface area (TPSA) is 47.8 Å². The molecule has 2 heterocycles. The summed E-state index contributed by atoms with van der Waals surface area (Å²) in [5.41, 5.74) is 1.98. The molecule has 17 heavy (non-hydrogen) atoms. The SMILES string of the molecule is COCC(C)n1[nH]c(-c2ccnn2C)cc1=S. The molecule has 0 bridgehead atoms. The Labute approximate surface area is 105 Å². The smallest absolute Gasteiger partial charge is 0.122 e. The van der Waals surface area contributed by atoms with E-state index in [2.05, 4.69) is 17.1 Å². The monoisotopic (exact) mass is 252 g/mol. The molecule has 0 fully saturated rings. The van der Waals surface area contributed by atoms with Crippen LogP contribution >= 0.6 is 12.2 Å². The van der Waals surface area contributed by atoms with Crippen LogP contribution in [0.4, 0.5) is 0 Å². The van der Waals surface area contributed by atoms with Gasteiger partial charge in [-0.3, -0.25) is 14.5 Å². The summed E-state index contributed by atoms with van der Waals surface area (Å²) in [6.07, 6.45) is 1.77. The van der Waals surface area contributed by atoms with Crippen LogP contribution in [-0.2, 0) is 11.8 Å². The molecule has 1 N–H and O–H groups in total. The lowest BCUT2D eigenvalue weighted by Crippen LogP contribution is -2.12. The zero-order valence-corrected chi connectivity index (χ0v) is 11.0. The summed E-state index contributed by atoms with van der Waals surface area (Å²) in [5, 5.41) is 7.42. The normalized spacial score (nSPS) is 12.9. The van der Waals surface area contributed by atoms with Crippen LogP contribution in [-0.4, -0.2) is 33.3 Å². The van der Waals surface area contributed by atoms with Gasteiger partial charge >= 0.3 is 0 Å². The average Bonchev–Trinajstić information content (AvgIpc) is 2.84. The lowest BCUT2D eigenvalue weighted by molar-refractivity contribution is 0.156. The lowest BCUT2D eigenvalue weighted by Gasteiger charge is -2.11. The van der Waals surface area contributed by atoms with Crippen LogP contribution in [0.15, 0.2) is 18.3 Å². The van der Waals surface area contributed by atoms with Gasteiger partial charge in [0.1, 0.15) is 4.64 Å². The molecule has 5 nitrogen and oxygen atoms in total. The van der Waals surface area contributed by atoms with E-state index in [1.165, 1.54) is 0 Å². The second-order valence-corrected chi connectivity index (χ2v) is 4.44. The Balaban J connectivity index is 2.37. The zero-order valence-electron chi connectivity index (χ0n) is 10.2. The number of hydrogen-bond acceptors (Lipinski definition) is 3. The van der Waals surface area contributed by atoms with E-state index in [-0.39, 0.29) is 6.04 Å². The Morgan fingerprint density at radius 2 is 2.35 bits per heavy atom. The average molecular weight is 252 g/mol. The summed E-state index contributed by atoms with van der Waals surface area (Å²) in [5.74, 6) is 0. The minimum atomic E-state index is 0.189. The number of ether oxygens (including phenoxy) is 1. The van der Waals surface area contributed by atoms with E-state index in [4.69, 9.17) is 17.0 Å². The molecule has 0 spiro atoms. The van der Waals surface area contributed by atoms with Gasteiger partial charge in [0.15, 0.2) is 0 Å². The summed E-state index contributed by atoms with van der Waals surface area (Å²) < 4.78 is 9.64. The van der Waals surface area contributed by atoms with E-state index in [1.807, 2.05) is 28.5 Å². The van der Waals surface area contributed by atoms with Crippen LogP contribution in [0, 0.1) is 4.64 Å². The molecule has 0 aliphatic rings. The van der Waals surface area contributed by atoms with Crippen molar-refractivity contribution >= 4 is 12.2 Å². The quantitative estimate of drug-likeness (QED) is 0.848. The molecular formula is C11H16N4OS. The summed E-state index contributed by atoms with van der Waals surface area (Å²) in [7, 11) is 3.59. The predicted molar refractivity (Wildman–Crippen MR) is 68.4 cm³/mol. The summed E-state index contributed by atoms with van der Waals surface area (Å²) in [4.78, 5) is 0. The Bertz CT molecular complexity index is 554. The van der Waals surface area contributed by atoms with Gasteiger partial charge in [0.25, 0.3) is 0 Å². The molecule has 2 aromatic heterocycles. The standard InChI is InChI=1S/C11H16N4OS/c1-8(7-16-3)15-11(17)6-9(13-15)10-4-5-12-14(10)2/h4-6,8,13H,7H2,1-3H3. The third kappa shape index (κ3) is 2.32. The van der Waals surface area contributed by atoms with Gasteiger partial charge in [-0.2, -0.15) is 5.10 Å². The number of aromatic nitrogens is 4. The largest absolute Gasteiger partial charge is 0.382 e. The second kappa shape index (κ2) is 4.85. The second-order valence-electron chi connectivity index (χ2n) is 4.02. The molecule has 0 saturated carbocycles. The highest BCUT2D eigenvalue weighted by Gasteiger charge is 2.10. The van der Waals surface area contributed by atoms with Crippen LogP contribution in [0.2, 0.25) is 0 Å². The molecule has 1 atom stereocenters. The minimum absolute atomic E-state index is 0.189. The van der Waals surface area contributed by atoms with Gasteiger partial charge in [0, 0.05) is 26.4 Å². The maximum absolute atomic E-state index is 5.33. The van der Waals surface area contributed by atoms with Crippen molar-refractivity contribution in [3.05, 3.63) is 23.0 Å². The van der Waals surface area contributed by atoms with Gasteiger partial charge in [0.2, 0.25) is 0 Å². The Kier molecular flexibility index (Phi) is 3.44. The molecule has 0 amide bonds. The van der Waals surface area contributed by atoms with Crippen LogP contribution in [0.25, 0.3) is 11.4 Å². The zero-order chi connectivity index (χ0) is 12.4. The molecule has 92 valence electrons. The molecule has 2 aromatic rings. The lowest BCUT2D eigenvalue weighted by atomic mass is 10.3. The van der Waals surface area contributed by atoms with Gasteiger partial charge in [-0.25, -0.2) is 0 Å². The Hall–Kier alpha value is -1.40. The Morgan fingerprint density at radius 3 is 2.94 bits per heavy atom. The number of nitrogens with zero attached hydrogens (tertiary/aromatic N) is 3. The molecule has 6 heteroatoms. The van der Waals surface area contributed by atoms with Crippen molar-refractivity contribution in [3.8, 4) is 11.4 Å². The van der Waals surface area contributed by atoms with Crippen LogP contribution in [0.5, 0.6) is 0 Å². The predicted octanol–water partition coefficient (Wildman–Crippen LogP) is 2.15. The maximum Gasteiger partial charge on any atom is 0.122 e. The molecule has 1 unspecified atom stereocenters. The summed E-state index contributed by atoms with van der Waals surface area (Å²) in [6, 6.07) is 4.08. The minimum Gasteiger partial charge on any atom is -0.382 e. The van der Waals surface area contributed by atoms with E-state index in [9.17, 15) is 0 Å². The van der Waals surface area contributed by atoms with Gasteiger partial charge in [-0.05, 0) is 13.0 Å². The third-order valence-electron chi connectivity index (χ3n) is 2.69. The number of aryl methyl sites for hydroxylation is 1. The van der Waals surface area contributed by atoms with Crippen molar-refractivity contribution in [3.63, 3.8) is 0 Å².